The second-order valence-corrected chi connectivity index (χ2v) is 7.98. The van der Waals surface area contributed by atoms with Crippen molar-refractivity contribution in [3.63, 3.8) is 0 Å². The molecule has 2 fully saturated rings. The molecule has 0 saturated carbocycles. The topological polar surface area (TPSA) is 67.9 Å². The van der Waals surface area contributed by atoms with Gasteiger partial charge in [0.1, 0.15) is 11.6 Å². The Kier molecular flexibility index (Phi) is 6.12. The summed E-state index contributed by atoms with van der Waals surface area (Å²) in [6, 6.07) is -0.433. The summed E-state index contributed by atoms with van der Waals surface area (Å²) in [5.41, 5.74) is -0.707. The number of nitrogens with one attached hydrogen (secondary N) is 1. The van der Waals surface area contributed by atoms with Crippen molar-refractivity contribution in [3.05, 3.63) is 0 Å². The monoisotopic (exact) mass is 340 g/mol. The Bertz CT molecular complexity index is 452. The van der Waals surface area contributed by atoms with Gasteiger partial charge in [0, 0.05) is 31.7 Å². The van der Waals surface area contributed by atoms with Crippen molar-refractivity contribution in [3.8, 4) is 0 Å². The molecule has 0 aromatic carbocycles. The van der Waals surface area contributed by atoms with Crippen LogP contribution in [0, 0.1) is 5.41 Å². The van der Waals surface area contributed by atoms with E-state index in [2.05, 4.69) is 12.2 Å². The smallest absolute Gasteiger partial charge is 0.411 e. The van der Waals surface area contributed by atoms with Crippen molar-refractivity contribution in [2.75, 3.05) is 26.3 Å². The largest absolute Gasteiger partial charge is 0.444 e. The van der Waals surface area contributed by atoms with E-state index in [0.29, 0.717) is 26.3 Å². The summed E-state index contributed by atoms with van der Waals surface area (Å²) in [5.74, 6) is -0.0508. The fourth-order valence-electron chi connectivity index (χ4n) is 3.54. The zero-order valence-electron chi connectivity index (χ0n) is 15.5. The number of unbranched alkanes of at least 4 members (excludes halogenated alkanes) is 2. The number of likely N-dealkylation sites (tertiary alicyclic amines) is 1. The molecule has 2 amide bonds. The Labute approximate surface area is 145 Å². The molecule has 0 radical (unpaired) electrons. The Morgan fingerprint density at radius 2 is 1.92 bits per heavy atom. The number of amides is 2. The molecule has 2 heterocycles. The third-order valence-electron chi connectivity index (χ3n) is 4.82. The van der Waals surface area contributed by atoms with Gasteiger partial charge in [0.2, 0.25) is 5.91 Å². The van der Waals surface area contributed by atoms with Gasteiger partial charge in [-0.3, -0.25) is 9.69 Å². The molecule has 2 aliphatic heterocycles. The lowest BCUT2D eigenvalue weighted by Crippen LogP contribution is -2.72. The van der Waals surface area contributed by atoms with E-state index in [0.717, 1.165) is 32.1 Å². The van der Waals surface area contributed by atoms with Crippen LogP contribution in [0.15, 0.2) is 0 Å². The van der Waals surface area contributed by atoms with Gasteiger partial charge in [0.25, 0.3) is 0 Å². The van der Waals surface area contributed by atoms with E-state index in [1.54, 1.807) is 4.90 Å². The van der Waals surface area contributed by atoms with Crippen LogP contribution in [0.4, 0.5) is 4.79 Å². The molecule has 1 spiro atoms. The van der Waals surface area contributed by atoms with Gasteiger partial charge >= 0.3 is 6.09 Å². The van der Waals surface area contributed by atoms with Crippen LogP contribution < -0.4 is 5.32 Å². The molecule has 2 rings (SSSR count). The molecule has 2 saturated heterocycles. The van der Waals surface area contributed by atoms with Crippen molar-refractivity contribution in [2.24, 2.45) is 5.41 Å². The fourth-order valence-corrected chi connectivity index (χ4v) is 3.54. The lowest BCUT2D eigenvalue weighted by Gasteiger charge is -2.57. The molecular formula is C18H32N2O4. The third-order valence-corrected chi connectivity index (χ3v) is 4.82. The molecule has 138 valence electrons. The average molecular weight is 340 g/mol. The van der Waals surface area contributed by atoms with Crippen LogP contribution in [-0.2, 0) is 14.3 Å². The van der Waals surface area contributed by atoms with Gasteiger partial charge in [-0.2, -0.15) is 0 Å². The maximum absolute atomic E-state index is 12.7. The fraction of sp³-hybridized carbons (Fsp3) is 0.889. The van der Waals surface area contributed by atoms with Gasteiger partial charge < -0.3 is 14.8 Å². The molecule has 6 heteroatoms. The first-order valence-corrected chi connectivity index (χ1v) is 9.14. The first kappa shape index (κ1) is 19.0. The number of carbonyl (C=O) groups excluding carboxylic acids is 2. The number of nitrogens with zero attached hydrogens (tertiary/aromatic N) is 1. The molecule has 2 aliphatic rings. The molecule has 1 atom stereocenters. The van der Waals surface area contributed by atoms with E-state index < -0.39 is 17.7 Å². The highest BCUT2D eigenvalue weighted by molar-refractivity contribution is 5.88. The van der Waals surface area contributed by atoms with Crippen LogP contribution >= 0.6 is 0 Å². The van der Waals surface area contributed by atoms with E-state index in [9.17, 15) is 9.59 Å². The van der Waals surface area contributed by atoms with Gasteiger partial charge in [-0.15, -0.1) is 0 Å². The van der Waals surface area contributed by atoms with Crippen LogP contribution in [0.25, 0.3) is 0 Å². The highest BCUT2D eigenvalue weighted by Crippen LogP contribution is 2.46. The Hall–Kier alpha value is -1.30. The molecule has 0 aromatic rings. The molecule has 6 nitrogen and oxygen atoms in total. The van der Waals surface area contributed by atoms with Gasteiger partial charge in [0.15, 0.2) is 0 Å². The molecule has 24 heavy (non-hydrogen) atoms. The summed E-state index contributed by atoms with van der Waals surface area (Å²) in [4.78, 5) is 26.8. The van der Waals surface area contributed by atoms with Crippen molar-refractivity contribution in [1.29, 1.82) is 0 Å². The molecule has 1 unspecified atom stereocenters. The lowest BCUT2D eigenvalue weighted by molar-refractivity contribution is -0.158. The highest BCUT2D eigenvalue weighted by atomic mass is 16.6. The standard InChI is InChI=1S/C18H32N2O4/c1-5-6-7-10-19-15(21)14-18(8-11-23-12-9-18)13-20(14)16(22)24-17(2,3)4/h14H,5-13H2,1-4H3,(H,19,21). The Morgan fingerprint density at radius 1 is 1.25 bits per heavy atom. The Balaban J connectivity index is 2.02. The lowest BCUT2D eigenvalue weighted by atomic mass is 9.66. The molecule has 0 aromatic heterocycles. The van der Waals surface area contributed by atoms with Crippen molar-refractivity contribution < 1.29 is 19.1 Å². The van der Waals surface area contributed by atoms with Crippen molar-refractivity contribution in [2.45, 2.75) is 71.4 Å². The molecule has 0 bridgehead atoms. The van der Waals surface area contributed by atoms with Crippen molar-refractivity contribution in [1.82, 2.24) is 10.2 Å². The van der Waals surface area contributed by atoms with E-state index in [1.807, 2.05) is 20.8 Å². The first-order valence-electron chi connectivity index (χ1n) is 9.14. The van der Waals surface area contributed by atoms with E-state index >= 15 is 0 Å². The molecular weight excluding hydrogens is 308 g/mol. The maximum atomic E-state index is 12.7. The zero-order chi connectivity index (χ0) is 17.8. The van der Waals surface area contributed by atoms with E-state index in [-0.39, 0.29) is 11.3 Å². The molecule has 0 aliphatic carbocycles. The van der Waals surface area contributed by atoms with Crippen LogP contribution in [0.2, 0.25) is 0 Å². The summed E-state index contributed by atoms with van der Waals surface area (Å²) in [6.07, 6.45) is 4.42. The Morgan fingerprint density at radius 3 is 2.50 bits per heavy atom. The SMILES string of the molecule is CCCCCNC(=O)C1N(C(=O)OC(C)(C)C)CC12CCOCC2. The predicted molar refractivity (Wildman–Crippen MR) is 91.7 cm³/mol. The first-order chi connectivity index (χ1) is 11.3. The van der Waals surface area contributed by atoms with Gasteiger partial charge in [-0.1, -0.05) is 19.8 Å². The number of carbonyl (C=O) groups is 2. The molecule has 1 N–H and O–H groups in total. The van der Waals surface area contributed by atoms with Gasteiger partial charge in [-0.25, -0.2) is 4.79 Å². The van der Waals surface area contributed by atoms with Crippen LogP contribution in [0.1, 0.15) is 59.8 Å². The number of hydrogen-bond donors (Lipinski definition) is 1. The van der Waals surface area contributed by atoms with E-state index in [4.69, 9.17) is 9.47 Å². The second-order valence-electron chi connectivity index (χ2n) is 7.98. The summed E-state index contributed by atoms with van der Waals surface area (Å²) in [6.45, 7) is 10.2. The second kappa shape index (κ2) is 7.72. The minimum Gasteiger partial charge on any atom is -0.444 e. The number of rotatable bonds is 5. The summed E-state index contributed by atoms with van der Waals surface area (Å²) >= 11 is 0. The minimum atomic E-state index is -0.558. The van der Waals surface area contributed by atoms with Gasteiger partial charge in [-0.05, 0) is 40.0 Å². The van der Waals surface area contributed by atoms with E-state index in [1.165, 1.54) is 0 Å². The maximum Gasteiger partial charge on any atom is 0.411 e. The minimum absolute atomic E-state index is 0.0508. The predicted octanol–water partition coefficient (Wildman–Crippen LogP) is 2.71. The van der Waals surface area contributed by atoms with Crippen molar-refractivity contribution >= 4 is 12.0 Å². The van der Waals surface area contributed by atoms with Crippen LogP contribution in [0.3, 0.4) is 0 Å². The zero-order valence-corrected chi connectivity index (χ0v) is 15.5. The summed E-state index contributed by atoms with van der Waals surface area (Å²) < 4.78 is 10.9. The average Bonchev–Trinajstić information content (AvgIpc) is 2.48. The van der Waals surface area contributed by atoms with Crippen LogP contribution in [0.5, 0.6) is 0 Å². The van der Waals surface area contributed by atoms with Gasteiger partial charge in [0.05, 0.1) is 0 Å². The number of hydrogen-bond acceptors (Lipinski definition) is 4. The highest BCUT2D eigenvalue weighted by Gasteiger charge is 2.59. The van der Waals surface area contributed by atoms with Crippen LogP contribution in [-0.4, -0.2) is 54.8 Å². The number of ether oxygens (including phenoxy) is 2. The normalized spacial score (nSPS) is 22.8. The quantitative estimate of drug-likeness (QED) is 0.782. The summed E-state index contributed by atoms with van der Waals surface area (Å²) in [5, 5.41) is 3.01. The summed E-state index contributed by atoms with van der Waals surface area (Å²) in [7, 11) is 0. The third kappa shape index (κ3) is 4.41.